The maximum atomic E-state index is 12.4. The number of amides is 1. The van der Waals surface area contributed by atoms with Gasteiger partial charge in [-0.25, -0.2) is 9.48 Å². The third-order valence-electron chi connectivity index (χ3n) is 5.01. The highest BCUT2D eigenvalue weighted by Crippen LogP contribution is 2.09. The predicted molar refractivity (Wildman–Crippen MR) is 111 cm³/mol. The van der Waals surface area contributed by atoms with Crippen LogP contribution in [-0.4, -0.2) is 75.8 Å². The van der Waals surface area contributed by atoms with Crippen LogP contribution in [0.25, 0.3) is 0 Å². The third-order valence-corrected chi connectivity index (χ3v) is 5.01. The van der Waals surface area contributed by atoms with Crippen LogP contribution in [0, 0.1) is 0 Å². The van der Waals surface area contributed by atoms with Crippen molar-refractivity contribution in [2.24, 2.45) is 4.99 Å². The van der Waals surface area contributed by atoms with Gasteiger partial charge in [-0.2, -0.15) is 5.10 Å². The van der Waals surface area contributed by atoms with E-state index in [1.54, 1.807) is 9.25 Å². The average Bonchev–Trinajstić information content (AvgIpc) is 3.01. The van der Waals surface area contributed by atoms with E-state index in [0.29, 0.717) is 38.7 Å². The van der Waals surface area contributed by atoms with E-state index in [2.05, 4.69) is 15.4 Å². The number of hydrogen-bond donors (Lipinski definition) is 1. The van der Waals surface area contributed by atoms with E-state index in [9.17, 15) is 9.59 Å². The number of nitrogens with one attached hydrogen (secondary N) is 1. The smallest absolute Gasteiger partial charge is 0.345 e. The zero-order valence-corrected chi connectivity index (χ0v) is 17.8. The van der Waals surface area contributed by atoms with Crippen LogP contribution in [0.1, 0.15) is 45.9 Å². The molecular weight excluding hydrogens is 358 g/mol. The first-order valence-electron chi connectivity index (χ1n) is 10.5. The number of nitrogens with zero attached hydrogens (tertiary/aromatic N) is 6. The highest BCUT2D eigenvalue weighted by molar-refractivity contribution is 5.86. The van der Waals surface area contributed by atoms with Gasteiger partial charge in [-0.1, -0.05) is 0 Å². The van der Waals surface area contributed by atoms with Crippen LogP contribution < -0.4 is 11.0 Å². The number of aliphatic imine (C=N–C) groups is 1. The van der Waals surface area contributed by atoms with Gasteiger partial charge in [-0.15, -0.1) is 0 Å². The number of hydrogen-bond acceptors (Lipinski definition) is 4. The lowest BCUT2D eigenvalue weighted by atomic mass is 10.2. The summed E-state index contributed by atoms with van der Waals surface area (Å²) in [5, 5.41) is 7.69. The normalized spacial score (nSPS) is 13.9. The number of carbonyl (C=O) groups excluding carboxylic acids is 1. The van der Waals surface area contributed by atoms with Gasteiger partial charge in [-0.05, 0) is 40.0 Å². The molecule has 0 fully saturated rings. The minimum atomic E-state index is -0.00692. The molecular formula is C19H35N7O2. The number of likely N-dealkylation sites (N-methyl/N-ethyl adjacent to an activating group) is 2. The van der Waals surface area contributed by atoms with E-state index in [-0.39, 0.29) is 11.6 Å². The van der Waals surface area contributed by atoms with E-state index >= 15 is 0 Å². The highest BCUT2D eigenvalue weighted by atomic mass is 16.2. The number of carbonyl (C=O) groups is 1. The predicted octanol–water partition coefficient (Wildman–Crippen LogP) is 0.537. The molecule has 0 bridgehead atoms. The second kappa shape index (κ2) is 10.9. The van der Waals surface area contributed by atoms with E-state index in [1.807, 2.05) is 37.6 Å². The van der Waals surface area contributed by atoms with Crippen LogP contribution in [0.3, 0.4) is 0 Å². The SMILES string of the molecule is CCNC(=NCCCn1nc2n(c1=O)CCCC2)N(C)CC(=O)N(CC)CC. The molecule has 0 radical (unpaired) electrons. The molecule has 1 N–H and O–H groups in total. The Morgan fingerprint density at radius 2 is 2.00 bits per heavy atom. The highest BCUT2D eigenvalue weighted by Gasteiger charge is 2.17. The molecule has 9 heteroatoms. The Morgan fingerprint density at radius 3 is 2.64 bits per heavy atom. The van der Waals surface area contributed by atoms with E-state index in [4.69, 9.17) is 0 Å². The molecule has 0 spiro atoms. The summed E-state index contributed by atoms with van der Waals surface area (Å²) >= 11 is 0. The monoisotopic (exact) mass is 393 g/mol. The Labute approximate surface area is 167 Å². The molecule has 1 aromatic rings. The van der Waals surface area contributed by atoms with Gasteiger partial charge in [0.1, 0.15) is 5.82 Å². The maximum absolute atomic E-state index is 12.4. The molecule has 9 nitrogen and oxygen atoms in total. The lowest BCUT2D eigenvalue weighted by molar-refractivity contribution is -0.131. The van der Waals surface area contributed by atoms with Gasteiger partial charge in [0, 0.05) is 52.7 Å². The van der Waals surface area contributed by atoms with Crippen molar-refractivity contribution in [3.8, 4) is 0 Å². The molecule has 1 amide bonds. The molecule has 0 aromatic carbocycles. The molecule has 2 heterocycles. The summed E-state index contributed by atoms with van der Waals surface area (Å²) in [7, 11) is 1.87. The minimum absolute atomic E-state index is 0.00692. The van der Waals surface area contributed by atoms with E-state index in [0.717, 1.165) is 44.6 Å². The van der Waals surface area contributed by atoms with Crippen LogP contribution >= 0.6 is 0 Å². The molecule has 1 aliphatic rings. The van der Waals surface area contributed by atoms with Crippen molar-refractivity contribution in [2.75, 3.05) is 39.8 Å². The van der Waals surface area contributed by atoms with E-state index < -0.39 is 0 Å². The Morgan fingerprint density at radius 1 is 1.25 bits per heavy atom. The van der Waals surface area contributed by atoms with Gasteiger partial charge in [0.2, 0.25) is 5.91 Å². The Bertz CT molecular complexity index is 718. The van der Waals surface area contributed by atoms with Crippen LogP contribution in [0.4, 0.5) is 0 Å². The number of fused-ring (bicyclic) bond motifs is 1. The van der Waals surface area contributed by atoms with Crippen LogP contribution in [-0.2, 0) is 24.3 Å². The van der Waals surface area contributed by atoms with Gasteiger partial charge in [-0.3, -0.25) is 14.4 Å². The van der Waals surface area contributed by atoms with Crippen molar-refractivity contribution < 1.29 is 4.79 Å². The Hall–Kier alpha value is -2.32. The first-order valence-corrected chi connectivity index (χ1v) is 10.5. The topological polar surface area (TPSA) is 87.8 Å². The molecule has 0 saturated carbocycles. The first kappa shape index (κ1) is 22.0. The number of guanidine groups is 1. The molecule has 0 unspecified atom stereocenters. The Kier molecular flexibility index (Phi) is 8.53. The second-order valence-electron chi connectivity index (χ2n) is 7.04. The third kappa shape index (κ3) is 5.59. The maximum Gasteiger partial charge on any atom is 0.345 e. The summed E-state index contributed by atoms with van der Waals surface area (Å²) in [6, 6.07) is 0. The number of aryl methyl sites for hydroxylation is 2. The van der Waals surface area contributed by atoms with Gasteiger partial charge in [0.25, 0.3) is 0 Å². The Balaban J connectivity index is 1.91. The van der Waals surface area contributed by atoms with Crippen LogP contribution in [0.2, 0.25) is 0 Å². The quantitative estimate of drug-likeness (QED) is 0.376. The van der Waals surface area contributed by atoms with Gasteiger partial charge in [0.05, 0.1) is 6.54 Å². The standard InChI is InChI=1S/C19H35N7O2/c1-5-20-18(23(4)15-17(27)24(6-2)7-3)21-12-10-14-26-19(28)25-13-9-8-11-16(25)22-26/h5-15H2,1-4H3,(H,20,21). The summed E-state index contributed by atoms with van der Waals surface area (Å²) in [6.07, 6.45) is 3.76. The molecule has 158 valence electrons. The summed E-state index contributed by atoms with van der Waals surface area (Å²) in [5.41, 5.74) is -0.00692. The van der Waals surface area contributed by atoms with Gasteiger partial charge >= 0.3 is 5.69 Å². The van der Waals surface area contributed by atoms with Gasteiger partial charge in [0.15, 0.2) is 5.96 Å². The average molecular weight is 394 g/mol. The minimum Gasteiger partial charge on any atom is -0.357 e. The summed E-state index contributed by atoms with van der Waals surface area (Å²) in [4.78, 5) is 33.0. The van der Waals surface area contributed by atoms with Crippen molar-refractivity contribution in [2.45, 2.75) is 59.5 Å². The second-order valence-corrected chi connectivity index (χ2v) is 7.04. The van der Waals surface area contributed by atoms with Crippen molar-refractivity contribution in [3.63, 3.8) is 0 Å². The lowest BCUT2D eigenvalue weighted by Crippen LogP contribution is -2.45. The summed E-state index contributed by atoms with van der Waals surface area (Å²) in [6.45, 7) is 10.3. The number of aromatic nitrogens is 3. The fourth-order valence-corrected chi connectivity index (χ4v) is 3.42. The first-order chi connectivity index (χ1) is 13.5. The van der Waals surface area contributed by atoms with Crippen LogP contribution in [0.5, 0.6) is 0 Å². The van der Waals surface area contributed by atoms with Crippen molar-refractivity contribution in [3.05, 3.63) is 16.3 Å². The van der Waals surface area contributed by atoms with Crippen molar-refractivity contribution in [1.82, 2.24) is 29.5 Å². The molecule has 1 aromatic heterocycles. The molecule has 2 rings (SSSR count). The molecule has 0 aliphatic carbocycles. The molecule has 0 saturated heterocycles. The fraction of sp³-hybridized carbons (Fsp3) is 0.789. The fourth-order valence-electron chi connectivity index (χ4n) is 3.42. The van der Waals surface area contributed by atoms with Gasteiger partial charge < -0.3 is 15.1 Å². The van der Waals surface area contributed by atoms with Crippen LogP contribution in [0.15, 0.2) is 9.79 Å². The zero-order chi connectivity index (χ0) is 20.5. The summed E-state index contributed by atoms with van der Waals surface area (Å²) < 4.78 is 3.36. The van der Waals surface area contributed by atoms with Crippen molar-refractivity contribution in [1.29, 1.82) is 0 Å². The summed E-state index contributed by atoms with van der Waals surface area (Å²) in [5.74, 6) is 1.70. The van der Waals surface area contributed by atoms with E-state index in [1.165, 1.54) is 0 Å². The molecule has 1 aliphatic heterocycles. The zero-order valence-electron chi connectivity index (χ0n) is 17.8. The largest absolute Gasteiger partial charge is 0.357 e. The lowest BCUT2D eigenvalue weighted by Gasteiger charge is -2.25. The molecule has 0 atom stereocenters. The molecule has 28 heavy (non-hydrogen) atoms. The van der Waals surface area contributed by atoms with Crippen molar-refractivity contribution >= 4 is 11.9 Å². The number of rotatable bonds is 9.